The van der Waals surface area contributed by atoms with E-state index in [4.69, 9.17) is 5.73 Å². The van der Waals surface area contributed by atoms with Crippen LogP contribution in [0.3, 0.4) is 0 Å². The maximum Gasteiger partial charge on any atom is 0.389 e. The van der Waals surface area contributed by atoms with E-state index >= 15 is 0 Å². The normalized spacial score (nSPS) is 12.0. The Bertz CT molecular complexity index is 284. The zero-order valence-corrected chi connectivity index (χ0v) is 7.80. The highest BCUT2D eigenvalue weighted by Crippen LogP contribution is 2.21. The van der Waals surface area contributed by atoms with Gasteiger partial charge in [-0.25, -0.2) is 0 Å². The van der Waals surface area contributed by atoms with Gasteiger partial charge in [0.25, 0.3) is 0 Å². The molecule has 0 atom stereocenters. The molecule has 80 valence electrons. The lowest BCUT2D eigenvalue weighted by Crippen LogP contribution is -2.09. The van der Waals surface area contributed by atoms with Gasteiger partial charge in [-0.05, 0) is 13.3 Å². The van der Waals surface area contributed by atoms with Crippen molar-refractivity contribution in [3.05, 3.63) is 11.8 Å². The number of aromatic nitrogens is 2. The van der Waals surface area contributed by atoms with E-state index in [1.54, 1.807) is 13.1 Å². The molecule has 1 heterocycles. The highest BCUT2D eigenvalue weighted by molar-refractivity contribution is 5.35. The topological polar surface area (TPSA) is 43.8 Å². The molecule has 1 aromatic rings. The van der Waals surface area contributed by atoms with Crippen molar-refractivity contribution in [3.8, 4) is 0 Å². The Balaban J connectivity index is 2.39. The Labute approximate surface area is 79.7 Å². The molecule has 0 radical (unpaired) electrons. The van der Waals surface area contributed by atoms with Crippen LogP contribution in [0.2, 0.25) is 0 Å². The number of anilines is 1. The second-order valence-corrected chi connectivity index (χ2v) is 3.18. The highest BCUT2D eigenvalue weighted by atomic mass is 19.4. The molecule has 0 amide bonds. The summed E-state index contributed by atoms with van der Waals surface area (Å²) in [4.78, 5) is 0. The smallest absolute Gasteiger partial charge is 0.382 e. The summed E-state index contributed by atoms with van der Waals surface area (Å²) in [5, 5.41) is 3.86. The molecule has 1 rings (SSSR count). The minimum atomic E-state index is -4.09. The standard InChI is InChI=1S/C8H12F3N3/c1-6-5-14(13-7(6)12)4-2-3-8(9,10)11/h5H,2-4H2,1H3,(H2,12,13). The fraction of sp³-hybridized carbons (Fsp3) is 0.625. The minimum absolute atomic E-state index is 0.0318. The SMILES string of the molecule is Cc1cn(CCCC(F)(F)F)nc1N. The third kappa shape index (κ3) is 3.27. The Kier molecular flexibility index (Phi) is 3.03. The monoisotopic (exact) mass is 207 g/mol. The van der Waals surface area contributed by atoms with Gasteiger partial charge in [0.15, 0.2) is 0 Å². The molecule has 0 aliphatic carbocycles. The van der Waals surface area contributed by atoms with Crippen LogP contribution in [0.15, 0.2) is 6.20 Å². The molecule has 2 N–H and O–H groups in total. The number of hydrogen-bond acceptors (Lipinski definition) is 2. The fourth-order valence-electron chi connectivity index (χ4n) is 1.09. The minimum Gasteiger partial charge on any atom is -0.382 e. The van der Waals surface area contributed by atoms with E-state index in [9.17, 15) is 13.2 Å². The second-order valence-electron chi connectivity index (χ2n) is 3.18. The van der Waals surface area contributed by atoms with Gasteiger partial charge in [-0.2, -0.15) is 18.3 Å². The molecule has 0 aromatic carbocycles. The Morgan fingerprint density at radius 3 is 2.57 bits per heavy atom. The van der Waals surface area contributed by atoms with Crippen molar-refractivity contribution in [2.45, 2.75) is 32.5 Å². The van der Waals surface area contributed by atoms with Crippen LogP contribution in [0.1, 0.15) is 18.4 Å². The average Bonchev–Trinajstić information content (AvgIpc) is 2.28. The van der Waals surface area contributed by atoms with Crippen molar-refractivity contribution in [3.63, 3.8) is 0 Å². The molecular weight excluding hydrogens is 195 g/mol. The van der Waals surface area contributed by atoms with Crippen molar-refractivity contribution in [2.75, 3.05) is 5.73 Å². The Hall–Kier alpha value is -1.20. The molecule has 0 aliphatic heterocycles. The lowest BCUT2D eigenvalue weighted by Gasteiger charge is -2.05. The molecule has 0 spiro atoms. The Morgan fingerprint density at radius 2 is 2.14 bits per heavy atom. The van der Waals surface area contributed by atoms with Gasteiger partial charge in [-0.15, -0.1) is 0 Å². The first-order valence-electron chi connectivity index (χ1n) is 4.25. The number of halogens is 3. The summed E-state index contributed by atoms with van der Waals surface area (Å²) in [5.74, 6) is 0.372. The van der Waals surface area contributed by atoms with Crippen LogP contribution in [0.5, 0.6) is 0 Å². The highest BCUT2D eigenvalue weighted by Gasteiger charge is 2.26. The molecule has 1 aromatic heterocycles. The van der Waals surface area contributed by atoms with Crippen molar-refractivity contribution < 1.29 is 13.2 Å². The number of alkyl halides is 3. The summed E-state index contributed by atoms with van der Waals surface area (Å²) in [7, 11) is 0. The molecule has 3 nitrogen and oxygen atoms in total. The summed E-state index contributed by atoms with van der Waals surface area (Å²) in [6.07, 6.45) is -3.20. The number of rotatable bonds is 3. The number of nitrogens with zero attached hydrogens (tertiary/aromatic N) is 2. The van der Waals surface area contributed by atoms with Crippen molar-refractivity contribution in [1.82, 2.24) is 9.78 Å². The van der Waals surface area contributed by atoms with E-state index in [1.807, 2.05) is 0 Å². The van der Waals surface area contributed by atoms with Gasteiger partial charge in [0.2, 0.25) is 0 Å². The van der Waals surface area contributed by atoms with E-state index in [0.717, 1.165) is 5.56 Å². The zero-order chi connectivity index (χ0) is 10.8. The van der Waals surface area contributed by atoms with Crippen molar-refractivity contribution in [2.24, 2.45) is 0 Å². The summed E-state index contributed by atoms with van der Waals surface area (Å²) >= 11 is 0. The maximum atomic E-state index is 11.8. The van der Waals surface area contributed by atoms with E-state index in [-0.39, 0.29) is 13.0 Å². The largest absolute Gasteiger partial charge is 0.389 e. The van der Waals surface area contributed by atoms with Crippen LogP contribution < -0.4 is 5.73 Å². The lowest BCUT2D eigenvalue weighted by molar-refractivity contribution is -0.136. The van der Waals surface area contributed by atoms with E-state index in [2.05, 4.69) is 5.10 Å². The average molecular weight is 207 g/mol. The van der Waals surface area contributed by atoms with Gasteiger partial charge in [0.05, 0.1) is 0 Å². The molecule has 0 bridgehead atoms. The second kappa shape index (κ2) is 3.89. The molecule has 0 saturated heterocycles. The summed E-state index contributed by atoms with van der Waals surface area (Å²) in [5.41, 5.74) is 6.23. The van der Waals surface area contributed by atoms with Gasteiger partial charge < -0.3 is 5.73 Å². The Morgan fingerprint density at radius 1 is 1.50 bits per heavy atom. The van der Waals surface area contributed by atoms with Crippen LogP contribution in [-0.2, 0) is 6.54 Å². The fourth-order valence-corrected chi connectivity index (χ4v) is 1.09. The quantitative estimate of drug-likeness (QED) is 0.824. The molecule has 14 heavy (non-hydrogen) atoms. The lowest BCUT2D eigenvalue weighted by atomic mass is 10.3. The first-order valence-corrected chi connectivity index (χ1v) is 4.25. The van der Waals surface area contributed by atoms with E-state index in [1.165, 1.54) is 4.68 Å². The predicted octanol–water partition coefficient (Wildman–Crippen LogP) is 2.12. The van der Waals surface area contributed by atoms with Crippen LogP contribution in [0.4, 0.5) is 19.0 Å². The van der Waals surface area contributed by atoms with Crippen LogP contribution in [0, 0.1) is 6.92 Å². The van der Waals surface area contributed by atoms with Crippen molar-refractivity contribution >= 4 is 5.82 Å². The van der Waals surface area contributed by atoms with Crippen LogP contribution >= 0.6 is 0 Å². The molecule has 0 saturated carbocycles. The summed E-state index contributed by atoms with van der Waals surface area (Å²) < 4.78 is 36.8. The number of aryl methyl sites for hydroxylation is 2. The van der Waals surface area contributed by atoms with Gasteiger partial charge in [0.1, 0.15) is 5.82 Å². The van der Waals surface area contributed by atoms with Crippen molar-refractivity contribution in [1.29, 1.82) is 0 Å². The zero-order valence-electron chi connectivity index (χ0n) is 7.80. The molecule has 0 unspecified atom stereocenters. The third-order valence-electron chi connectivity index (χ3n) is 1.83. The van der Waals surface area contributed by atoms with Gasteiger partial charge in [-0.3, -0.25) is 4.68 Å². The maximum absolute atomic E-state index is 11.8. The first-order chi connectivity index (χ1) is 6.38. The van der Waals surface area contributed by atoms with Gasteiger partial charge in [-0.1, -0.05) is 0 Å². The van der Waals surface area contributed by atoms with E-state index < -0.39 is 12.6 Å². The van der Waals surface area contributed by atoms with Crippen LogP contribution in [-0.4, -0.2) is 16.0 Å². The number of nitrogen functional groups attached to an aromatic ring is 1. The van der Waals surface area contributed by atoms with Gasteiger partial charge >= 0.3 is 6.18 Å². The molecule has 0 fully saturated rings. The predicted molar refractivity (Wildman–Crippen MR) is 46.7 cm³/mol. The first kappa shape index (κ1) is 10.9. The number of hydrogen-bond donors (Lipinski definition) is 1. The third-order valence-corrected chi connectivity index (χ3v) is 1.83. The molecule has 6 heteroatoms. The van der Waals surface area contributed by atoms with Crippen LogP contribution in [0.25, 0.3) is 0 Å². The van der Waals surface area contributed by atoms with E-state index in [0.29, 0.717) is 5.82 Å². The number of nitrogens with two attached hydrogens (primary N) is 1. The molecule has 0 aliphatic rings. The molecular formula is C8H12F3N3. The van der Waals surface area contributed by atoms with Gasteiger partial charge in [0, 0.05) is 24.7 Å². The summed E-state index contributed by atoms with van der Waals surface area (Å²) in [6, 6.07) is 0. The summed E-state index contributed by atoms with van der Waals surface area (Å²) in [6.45, 7) is 2.01.